The van der Waals surface area contributed by atoms with Crippen molar-refractivity contribution in [3.05, 3.63) is 0 Å². The molecule has 0 aromatic carbocycles. The van der Waals surface area contributed by atoms with Crippen LogP contribution in [0.1, 0.15) is 175 Å². The summed E-state index contributed by atoms with van der Waals surface area (Å²) in [6.07, 6.45) is 35.3. The molecule has 0 N–H and O–H groups in total. The molecule has 0 heterocycles. The molecule has 0 heteroatoms. The van der Waals surface area contributed by atoms with E-state index in [2.05, 4.69) is 20.8 Å². The zero-order valence-electron chi connectivity index (χ0n) is 20.5. The van der Waals surface area contributed by atoms with Crippen molar-refractivity contribution < 1.29 is 0 Å². The lowest BCUT2D eigenvalue weighted by Gasteiger charge is -2.13. The van der Waals surface area contributed by atoms with Gasteiger partial charge in [-0.15, -0.1) is 0 Å². The van der Waals surface area contributed by atoms with Crippen molar-refractivity contribution in [3.8, 4) is 0 Å². The summed E-state index contributed by atoms with van der Waals surface area (Å²) in [4.78, 5) is 0. The Kier molecular flexibility index (Phi) is 25.0. The third-order valence-electron chi connectivity index (χ3n) is 6.76. The molecule has 0 aliphatic carbocycles. The monoisotopic (exact) mass is 394 g/mol. The van der Waals surface area contributed by atoms with Crippen LogP contribution in [0.25, 0.3) is 0 Å². The minimum atomic E-state index is 1.02. The van der Waals surface area contributed by atoms with Gasteiger partial charge in [0, 0.05) is 0 Å². The Balaban J connectivity index is 3.10. The van der Waals surface area contributed by atoms with Crippen LogP contribution < -0.4 is 0 Å². The maximum absolute atomic E-state index is 2.38. The average Bonchev–Trinajstić information content (AvgIpc) is 2.72. The van der Waals surface area contributed by atoms with E-state index in [-0.39, 0.29) is 0 Å². The molecule has 170 valence electrons. The van der Waals surface area contributed by atoms with Crippen molar-refractivity contribution in [2.45, 2.75) is 175 Å². The molecule has 0 aromatic heterocycles. The summed E-state index contributed by atoms with van der Waals surface area (Å²) in [5, 5.41) is 0. The first-order valence-corrected chi connectivity index (χ1v) is 13.8. The van der Waals surface area contributed by atoms with Crippen molar-refractivity contribution in [2.24, 2.45) is 5.92 Å². The van der Waals surface area contributed by atoms with Gasteiger partial charge in [0.2, 0.25) is 0 Å². The second-order valence-corrected chi connectivity index (χ2v) is 9.57. The van der Waals surface area contributed by atoms with Crippen molar-refractivity contribution >= 4 is 0 Å². The third-order valence-corrected chi connectivity index (χ3v) is 6.76. The predicted octanol–water partition coefficient (Wildman–Crippen LogP) is 11.0. The van der Waals surface area contributed by atoms with Crippen LogP contribution in [0, 0.1) is 5.92 Å². The summed E-state index contributed by atoms with van der Waals surface area (Å²) in [5.74, 6) is 1.02. The van der Waals surface area contributed by atoms with Crippen LogP contribution in [-0.4, -0.2) is 0 Å². The lowest BCUT2D eigenvalue weighted by atomic mass is 9.93. The van der Waals surface area contributed by atoms with E-state index in [9.17, 15) is 0 Å². The van der Waals surface area contributed by atoms with E-state index < -0.39 is 0 Å². The number of hydrogen-bond donors (Lipinski definition) is 0. The van der Waals surface area contributed by atoms with E-state index in [0.29, 0.717) is 0 Å². The van der Waals surface area contributed by atoms with Gasteiger partial charge < -0.3 is 0 Å². The van der Waals surface area contributed by atoms with Crippen molar-refractivity contribution in [2.75, 3.05) is 0 Å². The molecule has 1 atom stereocenters. The topological polar surface area (TPSA) is 0 Å². The first-order valence-electron chi connectivity index (χ1n) is 13.8. The lowest BCUT2D eigenvalue weighted by molar-refractivity contribution is 0.399. The zero-order valence-corrected chi connectivity index (χ0v) is 20.5. The maximum atomic E-state index is 2.38. The second-order valence-electron chi connectivity index (χ2n) is 9.57. The standard InChI is InChI=1S/C28H58/c1-4-7-9-10-11-12-13-14-15-16-17-18-19-20-21-22-23-24-25-27-28(6-3)26-8-5-2/h28H,4-27H2,1-3H3. The highest BCUT2D eigenvalue weighted by atomic mass is 14.1. The number of rotatable bonds is 24. The Morgan fingerprint density at radius 2 is 0.607 bits per heavy atom. The summed E-state index contributed by atoms with van der Waals surface area (Å²) < 4.78 is 0. The normalized spacial score (nSPS) is 12.5. The van der Waals surface area contributed by atoms with Crippen LogP contribution >= 0.6 is 0 Å². The molecular weight excluding hydrogens is 336 g/mol. The van der Waals surface area contributed by atoms with Crippen molar-refractivity contribution in [1.29, 1.82) is 0 Å². The van der Waals surface area contributed by atoms with Gasteiger partial charge in [-0.3, -0.25) is 0 Å². The van der Waals surface area contributed by atoms with Gasteiger partial charge >= 0.3 is 0 Å². The third kappa shape index (κ3) is 22.3. The Bertz CT molecular complexity index is 257. The first-order chi connectivity index (χ1) is 13.8. The van der Waals surface area contributed by atoms with Gasteiger partial charge in [0.15, 0.2) is 0 Å². The van der Waals surface area contributed by atoms with E-state index >= 15 is 0 Å². The van der Waals surface area contributed by atoms with Crippen LogP contribution in [0.4, 0.5) is 0 Å². The molecule has 1 unspecified atom stereocenters. The minimum absolute atomic E-state index is 1.02. The van der Waals surface area contributed by atoms with Crippen molar-refractivity contribution in [3.63, 3.8) is 0 Å². The maximum Gasteiger partial charge on any atom is -0.0417 e. The molecule has 0 radical (unpaired) electrons. The van der Waals surface area contributed by atoms with Gasteiger partial charge in [0.05, 0.1) is 0 Å². The van der Waals surface area contributed by atoms with Crippen LogP contribution in [0.5, 0.6) is 0 Å². The van der Waals surface area contributed by atoms with Gasteiger partial charge in [0.1, 0.15) is 0 Å². The molecule has 0 aliphatic heterocycles. The van der Waals surface area contributed by atoms with Crippen LogP contribution in [0.3, 0.4) is 0 Å². The molecule has 0 saturated carbocycles. The Morgan fingerprint density at radius 3 is 0.929 bits per heavy atom. The molecule has 0 spiro atoms. The highest BCUT2D eigenvalue weighted by molar-refractivity contribution is 4.58. The number of unbranched alkanes of at least 4 members (excludes halogenated alkanes) is 19. The molecule has 0 aromatic rings. The van der Waals surface area contributed by atoms with Gasteiger partial charge in [-0.1, -0.05) is 175 Å². The molecule has 28 heavy (non-hydrogen) atoms. The Morgan fingerprint density at radius 1 is 0.321 bits per heavy atom. The molecule has 0 saturated heterocycles. The molecule has 0 bridgehead atoms. The molecule has 0 aliphatic rings. The van der Waals surface area contributed by atoms with Gasteiger partial charge in [0.25, 0.3) is 0 Å². The second kappa shape index (κ2) is 25.0. The SMILES string of the molecule is CCCCCCCCCCCCCCCCCCCCCC(CC)CCCC. The lowest BCUT2D eigenvalue weighted by Crippen LogP contribution is -1.98. The van der Waals surface area contributed by atoms with E-state index in [1.807, 2.05) is 0 Å². The van der Waals surface area contributed by atoms with E-state index in [1.165, 1.54) is 154 Å². The van der Waals surface area contributed by atoms with Gasteiger partial charge in [-0.05, 0) is 5.92 Å². The Labute approximate surface area is 181 Å². The fraction of sp³-hybridized carbons (Fsp3) is 1.00. The summed E-state index contributed by atoms with van der Waals surface area (Å²) in [6, 6.07) is 0. The summed E-state index contributed by atoms with van der Waals surface area (Å²) >= 11 is 0. The Hall–Kier alpha value is 0. The van der Waals surface area contributed by atoms with Crippen molar-refractivity contribution in [1.82, 2.24) is 0 Å². The zero-order chi connectivity index (χ0) is 20.5. The molecule has 0 fully saturated rings. The molecular formula is C28H58. The summed E-state index contributed by atoms with van der Waals surface area (Å²) in [7, 11) is 0. The van der Waals surface area contributed by atoms with Crippen LogP contribution in [0.15, 0.2) is 0 Å². The fourth-order valence-corrected chi connectivity index (χ4v) is 4.56. The average molecular weight is 395 g/mol. The van der Waals surface area contributed by atoms with E-state index in [4.69, 9.17) is 0 Å². The smallest absolute Gasteiger partial charge is 0.0417 e. The van der Waals surface area contributed by atoms with Crippen LogP contribution in [0.2, 0.25) is 0 Å². The van der Waals surface area contributed by atoms with Crippen LogP contribution in [-0.2, 0) is 0 Å². The number of hydrogen-bond acceptors (Lipinski definition) is 0. The van der Waals surface area contributed by atoms with Gasteiger partial charge in [-0.2, -0.15) is 0 Å². The minimum Gasteiger partial charge on any atom is -0.0654 e. The largest absolute Gasteiger partial charge is 0.0654 e. The highest BCUT2D eigenvalue weighted by Crippen LogP contribution is 2.21. The predicted molar refractivity (Wildman–Crippen MR) is 131 cm³/mol. The molecule has 0 nitrogen and oxygen atoms in total. The fourth-order valence-electron chi connectivity index (χ4n) is 4.56. The summed E-state index contributed by atoms with van der Waals surface area (Å²) in [5.41, 5.74) is 0. The van der Waals surface area contributed by atoms with E-state index in [0.717, 1.165) is 5.92 Å². The summed E-state index contributed by atoms with van der Waals surface area (Å²) in [6.45, 7) is 7.01. The quantitative estimate of drug-likeness (QED) is 0.143. The first kappa shape index (κ1) is 28.0. The molecule has 0 rings (SSSR count). The highest BCUT2D eigenvalue weighted by Gasteiger charge is 2.05. The van der Waals surface area contributed by atoms with E-state index in [1.54, 1.807) is 0 Å². The molecule has 0 amide bonds. The van der Waals surface area contributed by atoms with Gasteiger partial charge in [-0.25, -0.2) is 0 Å².